The summed E-state index contributed by atoms with van der Waals surface area (Å²) in [5, 5.41) is 6.12. The van der Waals surface area contributed by atoms with E-state index < -0.39 is 5.82 Å². The maximum absolute atomic E-state index is 14.4. The van der Waals surface area contributed by atoms with E-state index in [4.69, 9.17) is 14.2 Å². The zero-order valence-electron chi connectivity index (χ0n) is 19.3. The molecule has 0 spiro atoms. The Morgan fingerprint density at radius 2 is 2.03 bits per heavy atom. The summed E-state index contributed by atoms with van der Waals surface area (Å²) in [6.07, 6.45) is 2.30. The highest BCUT2D eigenvalue weighted by molar-refractivity contribution is 6.08. The molecule has 0 fully saturated rings. The Kier molecular flexibility index (Phi) is 6.19. The molecule has 0 bridgehead atoms. The molecule has 1 amide bonds. The number of aromatic amines is 1. The average Bonchev–Trinajstić information content (AvgIpc) is 3.23. The van der Waals surface area contributed by atoms with Crippen molar-refractivity contribution in [2.24, 2.45) is 0 Å². The number of fused-ring (bicyclic) bond motifs is 2. The molecule has 0 unspecified atom stereocenters. The van der Waals surface area contributed by atoms with Gasteiger partial charge in [0.05, 0.1) is 41.9 Å². The van der Waals surface area contributed by atoms with Crippen molar-refractivity contribution in [2.45, 2.75) is 6.42 Å². The summed E-state index contributed by atoms with van der Waals surface area (Å²) in [6.45, 7) is 1.30. The summed E-state index contributed by atoms with van der Waals surface area (Å²) in [5.74, 6) is -0.251. The molecule has 4 aromatic rings. The normalized spacial score (nSPS) is 12.8. The number of anilines is 2. The van der Waals surface area contributed by atoms with Crippen LogP contribution in [-0.2, 0) is 11.2 Å². The van der Waals surface area contributed by atoms with Crippen LogP contribution in [0.5, 0.6) is 11.6 Å². The minimum Gasteiger partial charge on any atom is -0.492 e. The van der Waals surface area contributed by atoms with Gasteiger partial charge in [-0.25, -0.2) is 9.37 Å². The van der Waals surface area contributed by atoms with Gasteiger partial charge >= 0.3 is 0 Å². The first-order valence-corrected chi connectivity index (χ1v) is 11.1. The molecule has 35 heavy (non-hydrogen) atoms. The summed E-state index contributed by atoms with van der Waals surface area (Å²) < 4.78 is 30.4. The van der Waals surface area contributed by atoms with E-state index in [9.17, 15) is 9.18 Å². The number of carbonyl (C=O) groups is 1. The fourth-order valence-electron chi connectivity index (χ4n) is 4.17. The maximum atomic E-state index is 14.4. The second-order valence-electron chi connectivity index (χ2n) is 7.90. The third-order valence-corrected chi connectivity index (χ3v) is 5.76. The minimum absolute atomic E-state index is 0.0520. The predicted molar refractivity (Wildman–Crippen MR) is 129 cm³/mol. The summed E-state index contributed by atoms with van der Waals surface area (Å²) in [6, 6.07) is 9.97. The molecule has 10 heteroatoms. The van der Waals surface area contributed by atoms with Crippen molar-refractivity contribution in [3.63, 3.8) is 0 Å². The summed E-state index contributed by atoms with van der Waals surface area (Å²) >= 11 is 0. The molecule has 0 saturated carbocycles. The first-order valence-electron chi connectivity index (χ1n) is 11.1. The summed E-state index contributed by atoms with van der Waals surface area (Å²) in [7, 11) is 3.00. The third kappa shape index (κ3) is 4.24. The molecular formula is C25H24FN5O4. The molecule has 0 radical (unpaired) electrons. The second kappa shape index (κ2) is 9.59. The molecule has 1 aromatic carbocycles. The smallest absolute Gasteiger partial charge is 0.255 e. The highest BCUT2D eigenvalue weighted by Gasteiger charge is 2.28. The van der Waals surface area contributed by atoms with Crippen molar-refractivity contribution in [3.05, 3.63) is 59.7 Å². The van der Waals surface area contributed by atoms with Gasteiger partial charge in [0.2, 0.25) is 5.88 Å². The van der Waals surface area contributed by atoms with E-state index in [1.165, 1.54) is 13.2 Å². The number of ether oxygens (including phenoxy) is 3. The molecule has 0 saturated heterocycles. The van der Waals surface area contributed by atoms with Crippen LogP contribution in [0.1, 0.15) is 16.1 Å². The van der Waals surface area contributed by atoms with Crippen LogP contribution in [0, 0.1) is 5.82 Å². The van der Waals surface area contributed by atoms with Gasteiger partial charge in [0.15, 0.2) is 11.6 Å². The van der Waals surface area contributed by atoms with E-state index >= 15 is 0 Å². The first kappa shape index (κ1) is 22.6. The van der Waals surface area contributed by atoms with E-state index in [2.05, 4.69) is 25.6 Å². The van der Waals surface area contributed by atoms with E-state index in [1.807, 2.05) is 12.1 Å². The van der Waals surface area contributed by atoms with Gasteiger partial charge in [-0.3, -0.25) is 9.78 Å². The molecule has 3 N–H and O–H groups in total. The van der Waals surface area contributed by atoms with Crippen molar-refractivity contribution >= 4 is 28.3 Å². The zero-order chi connectivity index (χ0) is 24.4. The number of nitrogens with zero attached hydrogens (tertiary/aromatic N) is 2. The third-order valence-electron chi connectivity index (χ3n) is 5.76. The Hall–Kier alpha value is -4.18. The number of nitrogens with one attached hydrogen (secondary N) is 3. The molecule has 0 atom stereocenters. The van der Waals surface area contributed by atoms with Crippen LogP contribution in [0.15, 0.2) is 42.6 Å². The molecule has 5 rings (SSSR count). The van der Waals surface area contributed by atoms with Crippen LogP contribution in [-0.4, -0.2) is 54.8 Å². The fourth-order valence-corrected chi connectivity index (χ4v) is 4.17. The van der Waals surface area contributed by atoms with Crippen LogP contribution in [0.3, 0.4) is 0 Å². The molecule has 1 aliphatic heterocycles. The molecule has 3 aromatic heterocycles. The summed E-state index contributed by atoms with van der Waals surface area (Å²) in [5.41, 5.74) is 4.74. The highest BCUT2D eigenvalue weighted by atomic mass is 19.1. The Labute approximate surface area is 200 Å². The van der Waals surface area contributed by atoms with Crippen LogP contribution >= 0.6 is 0 Å². The van der Waals surface area contributed by atoms with Gasteiger partial charge in [0, 0.05) is 43.6 Å². The lowest BCUT2D eigenvalue weighted by molar-refractivity contribution is 0.0947. The number of H-pyrrole nitrogens is 1. The predicted octanol–water partition coefficient (Wildman–Crippen LogP) is 3.83. The van der Waals surface area contributed by atoms with Gasteiger partial charge in [-0.15, -0.1) is 0 Å². The van der Waals surface area contributed by atoms with Gasteiger partial charge in [-0.05, 0) is 24.3 Å². The largest absolute Gasteiger partial charge is 0.492 e. The lowest BCUT2D eigenvalue weighted by Gasteiger charge is -2.17. The van der Waals surface area contributed by atoms with E-state index in [0.29, 0.717) is 71.3 Å². The number of benzene rings is 1. The van der Waals surface area contributed by atoms with Crippen molar-refractivity contribution in [2.75, 3.05) is 39.3 Å². The Bertz CT molecular complexity index is 1400. The van der Waals surface area contributed by atoms with Crippen LogP contribution in [0.25, 0.3) is 22.3 Å². The number of hydrogen-bond acceptors (Lipinski definition) is 7. The van der Waals surface area contributed by atoms with Crippen molar-refractivity contribution < 1.29 is 23.4 Å². The SMILES string of the molecule is COCCOc1ccc2nccc(-c3[nH]c4c(c3Nc3cccc(F)c3OC)C(=O)NCC4)c2n1. The quantitative estimate of drug-likeness (QED) is 0.331. The number of rotatable bonds is 8. The van der Waals surface area contributed by atoms with Crippen molar-refractivity contribution in [1.82, 2.24) is 20.3 Å². The first-order chi connectivity index (χ1) is 17.1. The molecular weight excluding hydrogens is 453 g/mol. The standard InChI is InChI=1S/C25H24FN5O4/c1-33-12-13-35-19-7-6-17-21(31-19)14(8-10-27-17)22-23(20-16(29-22)9-11-28-25(20)32)30-18-5-3-4-15(26)24(18)34-2/h3-8,10,29-30H,9,11-13H2,1-2H3,(H,28,32). The number of hydrogen-bond donors (Lipinski definition) is 3. The number of para-hydroxylation sites is 1. The number of amides is 1. The Morgan fingerprint density at radius 1 is 1.14 bits per heavy atom. The van der Waals surface area contributed by atoms with Gasteiger partial charge in [0.25, 0.3) is 5.91 Å². The van der Waals surface area contributed by atoms with E-state index in [0.717, 1.165) is 5.69 Å². The number of methoxy groups -OCH3 is 2. The lowest BCUT2D eigenvalue weighted by Crippen LogP contribution is -2.31. The minimum atomic E-state index is -0.512. The molecule has 9 nitrogen and oxygen atoms in total. The van der Waals surface area contributed by atoms with E-state index in [-0.39, 0.29) is 11.7 Å². The fraction of sp³-hybridized carbons (Fsp3) is 0.240. The van der Waals surface area contributed by atoms with Crippen molar-refractivity contribution in [1.29, 1.82) is 0 Å². The lowest BCUT2D eigenvalue weighted by atomic mass is 10.0. The Morgan fingerprint density at radius 3 is 2.86 bits per heavy atom. The molecule has 0 aliphatic carbocycles. The Balaban J connectivity index is 1.67. The second-order valence-corrected chi connectivity index (χ2v) is 7.90. The number of pyridine rings is 2. The topological polar surface area (TPSA) is 110 Å². The van der Waals surface area contributed by atoms with Gasteiger partial charge in [0.1, 0.15) is 12.1 Å². The van der Waals surface area contributed by atoms with Crippen molar-refractivity contribution in [3.8, 4) is 22.9 Å². The van der Waals surface area contributed by atoms with Gasteiger partial charge < -0.3 is 29.8 Å². The molecule has 4 heterocycles. The van der Waals surface area contributed by atoms with Gasteiger partial charge in [-0.2, -0.15) is 0 Å². The van der Waals surface area contributed by atoms with E-state index in [1.54, 1.807) is 31.5 Å². The monoisotopic (exact) mass is 477 g/mol. The molecule has 1 aliphatic rings. The number of carbonyl (C=O) groups excluding carboxylic acids is 1. The average molecular weight is 477 g/mol. The van der Waals surface area contributed by atoms with Crippen LogP contribution in [0.4, 0.5) is 15.8 Å². The number of aromatic nitrogens is 3. The number of halogens is 1. The highest BCUT2D eigenvalue weighted by Crippen LogP contribution is 2.41. The zero-order valence-corrected chi connectivity index (χ0v) is 19.3. The van der Waals surface area contributed by atoms with Crippen LogP contribution in [0.2, 0.25) is 0 Å². The summed E-state index contributed by atoms with van der Waals surface area (Å²) in [4.78, 5) is 25.4. The van der Waals surface area contributed by atoms with Gasteiger partial charge in [-0.1, -0.05) is 6.07 Å². The molecule has 180 valence electrons. The maximum Gasteiger partial charge on any atom is 0.255 e. The van der Waals surface area contributed by atoms with Crippen LogP contribution < -0.4 is 20.1 Å².